The molecule has 6 nitrogen and oxygen atoms in total. The van der Waals surface area contributed by atoms with E-state index in [1.54, 1.807) is 13.4 Å². The van der Waals surface area contributed by atoms with Crippen LogP contribution in [0.4, 0.5) is 0 Å². The van der Waals surface area contributed by atoms with E-state index in [0.29, 0.717) is 6.42 Å². The van der Waals surface area contributed by atoms with Crippen LogP contribution in [-0.4, -0.2) is 27.9 Å². The Morgan fingerprint density at radius 3 is 2.71 bits per heavy atom. The van der Waals surface area contributed by atoms with Crippen molar-refractivity contribution in [1.82, 2.24) is 20.2 Å². The van der Waals surface area contributed by atoms with Gasteiger partial charge in [-0.2, -0.15) is 5.10 Å². The van der Waals surface area contributed by atoms with Gasteiger partial charge in [-0.05, 0) is 12.0 Å². The van der Waals surface area contributed by atoms with Gasteiger partial charge in [0.2, 0.25) is 0 Å². The van der Waals surface area contributed by atoms with Crippen molar-refractivity contribution in [1.29, 1.82) is 0 Å². The molecule has 21 heavy (non-hydrogen) atoms. The third-order valence-electron chi connectivity index (χ3n) is 3.50. The Hall–Kier alpha value is -1.76. The largest absolute Gasteiger partial charge is 0.375 e. The molecule has 0 spiro atoms. The summed E-state index contributed by atoms with van der Waals surface area (Å²) < 4.78 is 7.56. The molecule has 0 fully saturated rings. The zero-order valence-electron chi connectivity index (χ0n) is 12.6. The first-order chi connectivity index (χ1) is 10.3. The monoisotopic (exact) mass is 289 g/mol. The molecule has 0 aliphatic rings. The number of ether oxygens (including phenoxy) is 1. The van der Waals surface area contributed by atoms with Crippen molar-refractivity contribution in [3.05, 3.63) is 48.0 Å². The van der Waals surface area contributed by atoms with Gasteiger partial charge < -0.3 is 4.74 Å². The lowest BCUT2D eigenvalue weighted by atomic mass is 9.99. The van der Waals surface area contributed by atoms with Crippen molar-refractivity contribution in [2.45, 2.75) is 38.5 Å². The molecule has 0 radical (unpaired) electrons. The summed E-state index contributed by atoms with van der Waals surface area (Å²) in [6, 6.07) is 9.98. The van der Waals surface area contributed by atoms with Crippen LogP contribution in [0.5, 0.6) is 0 Å². The number of nitrogens with zero attached hydrogens (tertiary/aromatic N) is 3. The molecular formula is C15H23N5O. The molecule has 2 rings (SSSR count). The van der Waals surface area contributed by atoms with Crippen LogP contribution in [0.25, 0.3) is 0 Å². The SMILES string of the molecule is CCCn1ncnc1CC(NN)C(OC)c1ccccc1. The van der Waals surface area contributed by atoms with Crippen LogP contribution >= 0.6 is 0 Å². The average Bonchev–Trinajstić information content (AvgIpc) is 2.95. The number of methoxy groups -OCH3 is 1. The van der Waals surface area contributed by atoms with Gasteiger partial charge in [-0.25, -0.2) is 4.98 Å². The van der Waals surface area contributed by atoms with Crippen molar-refractivity contribution in [2.24, 2.45) is 5.84 Å². The van der Waals surface area contributed by atoms with Gasteiger partial charge in [0.1, 0.15) is 12.2 Å². The maximum Gasteiger partial charge on any atom is 0.138 e. The fraction of sp³-hybridized carbons (Fsp3) is 0.467. The topological polar surface area (TPSA) is 78.0 Å². The average molecular weight is 289 g/mol. The number of benzene rings is 1. The lowest BCUT2D eigenvalue weighted by molar-refractivity contribution is 0.0668. The van der Waals surface area contributed by atoms with E-state index in [0.717, 1.165) is 24.4 Å². The van der Waals surface area contributed by atoms with Gasteiger partial charge in [0.05, 0.1) is 12.1 Å². The highest BCUT2D eigenvalue weighted by atomic mass is 16.5. The van der Waals surface area contributed by atoms with Crippen LogP contribution in [0.1, 0.15) is 30.8 Å². The number of nitrogens with one attached hydrogen (secondary N) is 1. The minimum absolute atomic E-state index is 0.0720. The second-order valence-electron chi connectivity index (χ2n) is 4.94. The smallest absolute Gasteiger partial charge is 0.138 e. The first-order valence-corrected chi connectivity index (χ1v) is 7.20. The lowest BCUT2D eigenvalue weighted by Crippen LogP contribution is -2.42. The van der Waals surface area contributed by atoms with Crippen LogP contribution in [0, 0.1) is 0 Å². The van der Waals surface area contributed by atoms with E-state index in [2.05, 4.69) is 22.4 Å². The quantitative estimate of drug-likeness (QED) is 0.568. The second-order valence-corrected chi connectivity index (χ2v) is 4.94. The van der Waals surface area contributed by atoms with Crippen molar-refractivity contribution in [2.75, 3.05) is 7.11 Å². The fourth-order valence-corrected chi connectivity index (χ4v) is 2.47. The number of rotatable bonds is 8. The Kier molecular flexibility index (Phi) is 5.86. The Labute approximate surface area is 125 Å². The summed E-state index contributed by atoms with van der Waals surface area (Å²) in [6.45, 7) is 2.97. The third kappa shape index (κ3) is 3.87. The maximum absolute atomic E-state index is 5.74. The Morgan fingerprint density at radius 2 is 2.10 bits per heavy atom. The van der Waals surface area contributed by atoms with E-state index < -0.39 is 0 Å². The number of hydrazine groups is 1. The van der Waals surface area contributed by atoms with Crippen LogP contribution in [0.2, 0.25) is 0 Å². The lowest BCUT2D eigenvalue weighted by Gasteiger charge is -2.25. The molecule has 2 aromatic rings. The van der Waals surface area contributed by atoms with Crippen molar-refractivity contribution < 1.29 is 4.74 Å². The number of aryl methyl sites for hydroxylation is 1. The first kappa shape index (κ1) is 15.6. The summed E-state index contributed by atoms with van der Waals surface area (Å²) >= 11 is 0. The van der Waals surface area contributed by atoms with Crippen LogP contribution in [0.3, 0.4) is 0 Å². The first-order valence-electron chi connectivity index (χ1n) is 7.20. The molecule has 1 aromatic carbocycles. The highest BCUT2D eigenvalue weighted by Crippen LogP contribution is 2.22. The van der Waals surface area contributed by atoms with Gasteiger partial charge in [-0.15, -0.1) is 0 Å². The van der Waals surface area contributed by atoms with E-state index >= 15 is 0 Å². The molecule has 0 aliphatic carbocycles. The summed E-state index contributed by atoms with van der Waals surface area (Å²) in [5.74, 6) is 6.65. The Balaban J connectivity index is 2.16. The molecular weight excluding hydrogens is 266 g/mol. The Bertz CT molecular complexity index is 528. The molecule has 2 unspecified atom stereocenters. The third-order valence-corrected chi connectivity index (χ3v) is 3.50. The molecule has 0 bridgehead atoms. The highest BCUT2D eigenvalue weighted by molar-refractivity contribution is 5.19. The molecule has 3 N–H and O–H groups in total. The normalized spacial score (nSPS) is 14.0. The molecule has 2 atom stereocenters. The fourth-order valence-electron chi connectivity index (χ4n) is 2.47. The molecule has 114 valence electrons. The molecule has 0 amide bonds. The van der Waals surface area contributed by atoms with Crippen LogP contribution < -0.4 is 11.3 Å². The summed E-state index contributed by atoms with van der Waals surface area (Å²) in [5.41, 5.74) is 3.94. The summed E-state index contributed by atoms with van der Waals surface area (Å²) in [5, 5.41) is 4.25. The molecule has 0 saturated heterocycles. The summed E-state index contributed by atoms with van der Waals surface area (Å²) in [4.78, 5) is 4.33. The summed E-state index contributed by atoms with van der Waals surface area (Å²) in [7, 11) is 1.69. The minimum atomic E-state index is -0.136. The summed E-state index contributed by atoms with van der Waals surface area (Å²) in [6.07, 6.45) is 3.12. The van der Waals surface area contributed by atoms with Gasteiger partial charge in [-0.1, -0.05) is 37.3 Å². The molecule has 1 heterocycles. The number of hydrogen-bond donors (Lipinski definition) is 2. The molecule has 6 heteroatoms. The van der Waals surface area contributed by atoms with Crippen molar-refractivity contribution >= 4 is 0 Å². The number of nitrogens with two attached hydrogens (primary N) is 1. The van der Waals surface area contributed by atoms with Gasteiger partial charge in [0.15, 0.2) is 0 Å². The van der Waals surface area contributed by atoms with E-state index in [1.807, 2.05) is 35.0 Å². The standard InChI is InChI=1S/C15H23N5O/c1-3-9-20-14(17-11-18-20)10-13(19-16)15(21-2)12-7-5-4-6-8-12/h4-8,11,13,15,19H,3,9-10,16H2,1-2H3. The van der Waals surface area contributed by atoms with Crippen molar-refractivity contribution in [3.8, 4) is 0 Å². The highest BCUT2D eigenvalue weighted by Gasteiger charge is 2.24. The second kappa shape index (κ2) is 7.87. The van der Waals surface area contributed by atoms with Gasteiger partial charge in [0.25, 0.3) is 0 Å². The predicted molar refractivity (Wildman–Crippen MR) is 81.3 cm³/mol. The number of aromatic nitrogens is 3. The zero-order chi connectivity index (χ0) is 15.1. The zero-order valence-corrected chi connectivity index (χ0v) is 12.6. The molecule has 1 aromatic heterocycles. The van der Waals surface area contributed by atoms with E-state index in [4.69, 9.17) is 10.6 Å². The predicted octanol–water partition coefficient (Wildman–Crippen LogP) is 1.45. The van der Waals surface area contributed by atoms with Crippen molar-refractivity contribution in [3.63, 3.8) is 0 Å². The maximum atomic E-state index is 5.74. The number of hydrogen-bond acceptors (Lipinski definition) is 5. The van der Waals surface area contributed by atoms with Gasteiger partial charge in [-0.3, -0.25) is 16.0 Å². The molecule has 0 saturated carbocycles. The molecule has 0 aliphatic heterocycles. The van der Waals surface area contributed by atoms with Gasteiger partial charge in [0, 0.05) is 20.1 Å². The van der Waals surface area contributed by atoms with E-state index in [1.165, 1.54) is 0 Å². The van der Waals surface area contributed by atoms with E-state index in [-0.39, 0.29) is 12.1 Å². The van der Waals surface area contributed by atoms with Gasteiger partial charge >= 0.3 is 0 Å². The minimum Gasteiger partial charge on any atom is -0.375 e. The van der Waals surface area contributed by atoms with Crippen LogP contribution in [0.15, 0.2) is 36.7 Å². The van der Waals surface area contributed by atoms with Crippen LogP contribution in [-0.2, 0) is 17.7 Å². The Morgan fingerprint density at radius 1 is 1.33 bits per heavy atom. The van der Waals surface area contributed by atoms with E-state index in [9.17, 15) is 0 Å².